The molecule has 0 aromatic rings. The van der Waals surface area contributed by atoms with Crippen LogP contribution in [0.4, 0.5) is 4.79 Å². The lowest BCUT2D eigenvalue weighted by Gasteiger charge is -2.37. The van der Waals surface area contributed by atoms with Gasteiger partial charge in [-0.1, -0.05) is 12.2 Å². The van der Waals surface area contributed by atoms with Crippen molar-refractivity contribution in [1.29, 1.82) is 5.26 Å². The van der Waals surface area contributed by atoms with Gasteiger partial charge in [0, 0.05) is 32.6 Å². The van der Waals surface area contributed by atoms with Crippen molar-refractivity contribution in [1.82, 2.24) is 15.1 Å². The van der Waals surface area contributed by atoms with Crippen LogP contribution in [0.15, 0.2) is 12.2 Å². The largest absolute Gasteiger partial charge is 0.325 e. The number of imide groups is 1. The van der Waals surface area contributed by atoms with Crippen LogP contribution in [-0.4, -0.2) is 53.5 Å². The third-order valence-electron chi connectivity index (χ3n) is 4.12. The molecule has 2 heterocycles. The summed E-state index contributed by atoms with van der Waals surface area (Å²) in [5, 5.41) is 11.4. The topological polar surface area (TPSA) is 76.4 Å². The second-order valence-electron chi connectivity index (χ2n) is 5.96. The fourth-order valence-electron chi connectivity index (χ4n) is 3.01. The van der Waals surface area contributed by atoms with Crippen LogP contribution in [0, 0.1) is 11.3 Å². The summed E-state index contributed by atoms with van der Waals surface area (Å²) < 4.78 is 0. The van der Waals surface area contributed by atoms with Crippen LogP contribution in [0.2, 0.25) is 0 Å². The van der Waals surface area contributed by atoms with Gasteiger partial charge in [-0.15, -0.1) is 0 Å². The average Bonchev–Trinajstić information content (AvgIpc) is 2.66. The molecule has 0 aromatic heterocycles. The molecular formula is C15H22N4O2. The molecule has 3 amide bonds. The predicted molar refractivity (Wildman–Crippen MR) is 78.3 cm³/mol. The van der Waals surface area contributed by atoms with E-state index in [4.69, 9.17) is 5.26 Å². The molecular weight excluding hydrogens is 268 g/mol. The summed E-state index contributed by atoms with van der Waals surface area (Å²) in [5.41, 5.74) is 0.376. The highest BCUT2D eigenvalue weighted by atomic mass is 16.2. The van der Waals surface area contributed by atoms with Crippen LogP contribution in [0.25, 0.3) is 0 Å². The van der Waals surface area contributed by atoms with Gasteiger partial charge in [0.05, 0.1) is 6.07 Å². The Balaban J connectivity index is 1.96. The summed E-state index contributed by atoms with van der Waals surface area (Å²) in [6.07, 6.45) is 2.17. The Hall–Kier alpha value is -1.87. The summed E-state index contributed by atoms with van der Waals surface area (Å²) in [5.74, 6) is -0.125. The summed E-state index contributed by atoms with van der Waals surface area (Å²) in [4.78, 5) is 28.1. The van der Waals surface area contributed by atoms with E-state index >= 15 is 0 Å². The smallest absolute Gasteiger partial charge is 0.323 e. The first-order valence-electron chi connectivity index (χ1n) is 7.36. The molecule has 1 spiro atoms. The Morgan fingerprint density at radius 3 is 2.67 bits per heavy atom. The molecule has 0 aromatic carbocycles. The van der Waals surface area contributed by atoms with Crippen molar-refractivity contribution in [2.75, 3.05) is 26.2 Å². The normalized spacial score (nSPS) is 21.4. The number of urea groups is 1. The number of unbranched alkanes of at least 4 members (excludes halogenated alkanes) is 1. The van der Waals surface area contributed by atoms with Crippen molar-refractivity contribution in [2.24, 2.45) is 0 Å². The van der Waals surface area contributed by atoms with Crippen molar-refractivity contribution in [3.8, 4) is 6.07 Å². The van der Waals surface area contributed by atoms with Crippen molar-refractivity contribution >= 4 is 11.9 Å². The Kier molecular flexibility index (Phi) is 4.63. The van der Waals surface area contributed by atoms with Gasteiger partial charge < -0.3 is 5.32 Å². The first-order chi connectivity index (χ1) is 9.98. The maximum Gasteiger partial charge on any atom is 0.325 e. The SMILES string of the molecule is C=C(C)CN1CCC2(CC1)NC(=O)N(CCCC#N)C2=O. The van der Waals surface area contributed by atoms with Crippen LogP contribution in [0.5, 0.6) is 0 Å². The third-order valence-corrected chi connectivity index (χ3v) is 4.12. The predicted octanol–water partition coefficient (Wildman–Crippen LogP) is 1.25. The summed E-state index contributed by atoms with van der Waals surface area (Å²) >= 11 is 0. The molecule has 6 nitrogen and oxygen atoms in total. The maximum atomic E-state index is 12.5. The minimum absolute atomic E-state index is 0.125. The molecule has 2 aliphatic heterocycles. The molecule has 0 aliphatic carbocycles. The second-order valence-corrected chi connectivity index (χ2v) is 5.96. The number of carbonyl (C=O) groups is 2. The lowest BCUT2D eigenvalue weighted by Crippen LogP contribution is -2.55. The van der Waals surface area contributed by atoms with Gasteiger partial charge >= 0.3 is 6.03 Å². The van der Waals surface area contributed by atoms with Gasteiger partial charge in [0.2, 0.25) is 0 Å². The van der Waals surface area contributed by atoms with Crippen LogP contribution in [-0.2, 0) is 4.79 Å². The molecule has 2 aliphatic rings. The van der Waals surface area contributed by atoms with Crippen LogP contribution in [0.1, 0.15) is 32.6 Å². The number of rotatable bonds is 5. The summed E-state index contributed by atoms with van der Waals surface area (Å²) in [6.45, 7) is 8.63. The molecule has 2 saturated heterocycles. The first-order valence-corrected chi connectivity index (χ1v) is 7.36. The second kappa shape index (κ2) is 6.27. The van der Waals surface area contributed by atoms with Crippen molar-refractivity contribution in [2.45, 2.75) is 38.1 Å². The molecule has 2 rings (SSSR count). The fourth-order valence-corrected chi connectivity index (χ4v) is 3.01. The van der Waals surface area contributed by atoms with Crippen LogP contribution >= 0.6 is 0 Å². The molecule has 0 bridgehead atoms. The molecule has 21 heavy (non-hydrogen) atoms. The van der Waals surface area contributed by atoms with E-state index in [1.54, 1.807) is 0 Å². The van der Waals surface area contributed by atoms with Gasteiger partial charge in [0.15, 0.2) is 0 Å². The Morgan fingerprint density at radius 2 is 2.10 bits per heavy atom. The molecule has 0 radical (unpaired) electrons. The number of nitrogens with one attached hydrogen (secondary N) is 1. The standard InChI is InChI=1S/C15H22N4O2/c1-12(2)11-18-9-5-15(6-10-18)13(20)19(14(21)17-15)8-4-3-7-16/h1,3-6,8-11H2,2H3,(H,17,21). The molecule has 114 valence electrons. The molecule has 1 N–H and O–H groups in total. The van der Waals surface area contributed by atoms with Crippen molar-refractivity contribution in [3.63, 3.8) is 0 Å². The molecule has 2 fully saturated rings. The van der Waals surface area contributed by atoms with E-state index in [1.807, 2.05) is 13.0 Å². The van der Waals surface area contributed by atoms with Gasteiger partial charge in [0.1, 0.15) is 5.54 Å². The molecule has 0 atom stereocenters. The fraction of sp³-hybridized carbons (Fsp3) is 0.667. The van der Waals surface area contributed by atoms with E-state index in [9.17, 15) is 9.59 Å². The number of amides is 3. The van der Waals surface area contributed by atoms with Crippen molar-refractivity contribution < 1.29 is 9.59 Å². The number of piperidine rings is 1. The van der Waals surface area contributed by atoms with Crippen molar-refractivity contribution in [3.05, 3.63) is 12.2 Å². The van der Waals surface area contributed by atoms with Gasteiger partial charge in [-0.25, -0.2) is 4.79 Å². The Morgan fingerprint density at radius 1 is 1.43 bits per heavy atom. The van der Waals surface area contributed by atoms with E-state index in [1.165, 1.54) is 4.90 Å². The highest BCUT2D eigenvalue weighted by molar-refractivity contribution is 6.07. The zero-order valence-electron chi connectivity index (χ0n) is 12.5. The van der Waals surface area contributed by atoms with E-state index in [-0.39, 0.29) is 11.9 Å². The highest BCUT2D eigenvalue weighted by Crippen LogP contribution is 2.29. The minimum Gasteiger partial charge on any atom is -0.323 e. The zero-order chi connectivity index (χ0) is 15.5. The molecule has 0 saturated carbocycles. The number of hydrogen-bond donors (Lipinski definition) is 1. The van der Waals surface area contributed by atoms with Gasteiger partial charge in [-0.3, -0.25) is 14.6 Å². The van der Waals surface area contributed by atoms with Crippen LogP contribution < -0.4 is 5.32 Å². The lowest BCUT2D eigenvalue weighted by molar-refractivity contribution is -0.132. The van der Waals surface area contributed by atoms with Gasteiger partial charge in [-0.05, 0) is 26.2 Å². The average molecular weight is 290 g/mol. The lowest BCUT2D eigenvalue weighted by atomic mass is 9.87. The maximum absolute atomic E-state index is 12.5. The van der Waals surface area contributed by atoms with E-state index in [0.717, 1.165) is 25.2 Å². The minimum atomic E-state index is -0.727. The van der Waals surface area contributed by atoms with E-state index < -0.39 is 5.54 Å². The highest BCUT2D eigenvalue weighted by Gasteiger charge is 2.51. The summed E-state index contributed by atoms with van der Waals surface area (Å²) in [6, 6.07) is 1.72. The van der Waals surface area contributed by atoms with E-state index in [2.05, 4.69) is 16.8 Å². The van der Waals surface area contributed by atoms with Gasteiger partial charge in [0.25, 0.3) is 5.91 Å². The number of nitrogens with zero attached hydrogens (tertiary/aromatic N) is 3. The van der Waals surface area contributed by atoms with Crippen LogP contribution in [0.3, 0.4) is 0 Å². The quantitative estimate of drug-likeness (QED) is 0.470. The Bertz CT molecular complexity index is 486. The number of carbonyl (C=O) groups excluding carboxylic acids is 2. The monoisotopic (exact) mass is 290 g/mol. The van der Waals surface area contributed by atoms with Gasteiger partial charge in [-0.2, -0.15) is 5.26 Å². The third kappa shape index (κ3) is 3.24. The summed E-state index contributed by atoms with van der Waals surface area (Å²) in [7, 11) is 0. The number of hydrogen-bond acceptors (Lipinski definition) is 4. The zero-order valence-corrected chi connectivity index (χ0v) is 12.5. The first kappa shape index (κ1) is 15.5. The van der Waals surface area contributed by atoms with E-state index in [0.29, 0.717) is 32.2 Å². The number of likely N-dealkylation sites (tertiary alicyclic amines) is 1. The molecule has 6 heteroatoms. The molecule has 0 unspecified atom stereocenters. The number of nitriles is 1. The Labute approximate surface area is 125 Å².